The third kappa shape index (κ3) is 3.64. The zero-order valence-corrected chi connectivity index (χ0v) is 17.1. The van der Waals surface area contributed by atoms with Gasteiger partial charge in [-0.3, -0.25) is 4.68 Å². The molecule has 0 radical (unpaired) electrons. The molecule has 3 aromatic rings. The standard InChI is InChI=1S/C21H19F6N3O2/c1-29(10-3-5-32-6-4-10)16-9-15-11(8-14(16)22)19(28-30(15)2)12-7-13(21(25,26)27)18(24)20(31)17(12)23/h7-10,31H,3-6H2,1-2H3. The van der Waals surface area contributed by atoms with Gasteiger partial charge in [-0.05, 0) is 31.0 Å². The maximum absolute atomic E-state index is 15.0. The summed E-state index contributed by atoms with van der Waals surface area (Å²) >= 11 is 0. The number of phenols is 1. The van der Waals surface area contributed by atoms with Crippen LogP contribution in [0, 0.1) is 17.5 Å². The molecule has 1 saturated heterocycles. The average molecular weight is 459 g/mol. The summed E-state index contributed by atoms with van der Waals surface area (Å²) in [6.07, 6.45) is -3.78. The van der Waals surface area contributed by atoms with Crippen LogP contribution in [0.25, 0.3) is 22.2 Å². The summed E-state index contributed by atoms with van der Waals surface area (Å²) in [7, 11) is 3.19. The van der Waals surface area contributed by atoms with Gasteiger partial charge in [0.05, 0.1) is 16.8 Å². The number of fused-ring (bicyclic) bond motifs is 1. The smallest absolute Gasteiger partial charge is 0.419 e. The van der Waals surface area contributed by atoms with Gasteiger partial charge in [0.1, 0.15) is 11.5 Å². The van der Waals surface area contributed by atoms with Crippen LogP contribution < -0.4 is 4.90 Å². The number of alkyl halides is 3. The second-order valence-corrected chi connectivity index (χ2v) is 7.69. The molecule has 2 heterocycles. The molecule has 172 valence electrons. The van der Waals surface area contributed by atoms with Crippen LogP contribution in [0.5, 0.6) is 5.75 Å². The van der Waals surface area contributed by atoms with Crippen LogP contribution >= 0.6 is 0 Å². The molecule has 2 aromatic carbocycles. The van der Waals surface area contributed by atoms with E-state index in [1.807, 2.05) is 0 Å². The fourth-order valence-electron chi connectivity index (χ4n) is 4.01. The van der Waals surface area contributed by atoms with E-state index in [4.69, 9.17) is 4.74 Å². The van der Waals surface area contributed by atoms with Gasteiger partial charge in [0, 0.05) is 44.3 Å². The van der Waals surface area contributed by atoms with E-state index in [2.05, 4.69) is 5.10 Å². The Labute approximate surface area is 178 Å². The number of nitrogens with zero attached hydrogens (tertiary/aromatic N) is 3. The number of hydrogen-bond donors (Lipinski definition) is 1. The monoisotopic (exact) mass is 459 g/mol. The number of benzene rings is 2. The van der Waals surface area contributed by atoms with Gasteiger partial charge in [0.15, 0.2) is 17.4 Å². The maximum Gasteiger partial charge on any atom is 0.419 e. The van der Waals surface area contributed by atoms with Gasteiger partial charge in [-0.25, -0.2) is 13.2 Å². The molecular formula is C21H19F6N3O2. The van der Waals surface area contributed by atoms with Gasteiger partial charge < -0.3 is 14.7 Å². The number of aryl methyl sites for hydroxylation is 1. The molecule has 1 fully saturated rings. The number of phenolic OH excluding ortho intramolecular Hbond substituents is 1. The van der Waals surface area contributed by atoms with Crippen LogP contribution in [0.4, 0.5) is 32.0 Å². The first-order valence-electron chi connectivity index (χ1n) is 9.76. The molecule has 1 N–H and O–H groups in total. The minimum atomic E-state index is -5.18. The SMILES string of the molecule is CN(c1cc2c(cc1F)c(-c1cc(C(F)(F)F)c(F)c(O)c1F)nn2C)C1CCOCC1. The third-order valence-corrected chi connectivity index (χ3v) is 5.78. The summed E-state index contributed by atoms with van der Waals surface area (Å²) in [5.41, 5.74) is -2.40. The van der Waals surface area contributed by atoms with Crippen molar-refractivity contribution in [3.05, 3.63) is 41.2 Å². The van der Waals surface area contributed by atoms with Crippen LogP contribution in [0.1, 0.15) is 18.4 Å². The van der Waals surface area contributed by atoms with Gasteiger partial charge in [0.25, 0.3) is 0 Å². The Hall–Kier alpha value is -2.95. The molecule has 4 rings (SSSR count). The lowest BCUT2D eigenvalue weighted by Gasteiger charge is -2.33. The van der Waals surface area contributed by atoms with Gasteiger partial charge in [-0.2, -0.15) is 18.3 Å². The van der Waals surface area contributed by atoms with E-state index in [9.17, 15) is 27.1 Å². The summed E-state index contributed by atoms with van der Waals surface area (Å²) in [6, 6.07) is 2.79. The normalized spacial score (nSPS) is 15.5. The lowest BCUT2D eigenvalue weighted by atomic mass is 10.0. The molecule has 1 aliphatic heterocycles. The number of hydrogen-bond acceptors (Lipinski definition) is 4. The lowest BCUT2D eigenvalue weighted by Crippen LogP contribution is -2.37. The van der Waals surface area contributed by atoms with E-state index >= 15 is 4.39 Å². The molecule has 11 heteroatoms. The van der Waals surface area contributed by atoms with Crippen molar-refractivity contribution in [3.63, 3.8) is 0 Å². The van der Waals surface area contributed by atoms with E-state index in [0.717, 1.165) is 6.07 Å². The number of ether oxygens (including phenoxy) is 1. The molecule has 0 spiro atoms. The fraction of sp³-hybridized carbons (Fsp3) is 0.381. The highest BCUT2D eigenvalue weighted by atomic mass is 19.4. The summed E-state index contributed by atoms with van der Waals surface area (Å²) < 4.78 is 89.6. The van der Waals surface area contributed by atoms with Crippen LogP contribution in [0.2, 0.25) is 0 Å². The zero-order valence-electron chi connectivity index (χ0n) is 17.1. The van der Waals surface area contributed by atoms with Crippen molar-refractivity contribution in [2.24, 2.45) is 7.05 Å². The molecule has 0 amide bonds. The first kappa shape index (κ1) is 22.3. The van der Waals surface area contributed by atoms with E-state index in [0.29, 0.717) is 31.6 Å². The topological polar surface area (TPSA) is 50.5 Å². The minimum absolute atomic E-state index is 0.0205. The quantitative estimate of drug-likeness (QED) is 0.561. The van der Waals surface area contributed by atoms with Gasteiger partial charge in [-0.15, -0.1) is 0 Å². The Morgan fingerprint density at radius 1 is 1.09 bits per heavy atom. The summed E-state index contributed by atoms with van der Waals surface area (Å²) in [5.74, 6) is -6.18. The second-order valence-electron chi connectivity index (χ2n) is 7.69. The second kappa shape index (κ2) is 7.88. The first-order valence-corrected chi connectivity index (χ1v) is 9.76. The average Bonchev–Trinajstić information content (AvgIpc) is 3.06. The number of rotatable bonds is 3. The van der Waals surface area contributed by atoms with Crippen molar-refractivity contribution in [1.29, 1.82) is 0 Å². The van der Waals surface area contributed by atoms with Crippen molar-refractivity contribution in [1.82, 2.24) is 9.78 Å². The largest absolute Gasteiger partial charge is 0.503 e. The Morgan fingerprint density at radius 2 is 1.75 bits per heavy atom. The van der Waals surface area contributed by atoms with E-state index in [-0.39, 0.29) is 28.9 Å². The molecule has 0 bridgehead atoms. The van der Waals surface area contributed by atoms with Crippen molar-refractivity contribution in [3.8, 4) is 17.0 Å². The van der Waals surface area contributed by atoms with Crippen molar-refractivity contribution in [2.45, 2.75) is 25.1 Å². The highest BCUT2D eigenvalue weighted by molar-refractivity contribution is 5.95. The third-order valence-electron chi connectivity index (χ3n) is 5.78. The highest BCUT2D eigenvalue weighted by Crippen LogP contribution is 2.42. The van der Waals surface area contributed by atoms with Gasteiger partial charge >= 0.3 is 6.18 Å². The number of anilines is 1. The molecule has 0 atom stereocenters. The summed E-state index contributed by atoms with van der Waals surface area (Å²) in [6.45, 7) is 1.09. The van der Waals surface area contributed by atoms with Crippen molar-refractivity contribution < 1.29 is 36.2 Å². The van der Waals surface area contributed by atoms with Crippen LogP contribution in [0.3, 0.4) is 0 Å². The predicted molar refractivity (Wildman–Crippen MR) is 105 cm³/mol. The molecule has 0 unspecified atom stereocenters. The zero-order chi connectivity index (χ0) is 23.4. The molecular weight excluding hydrogens is 440 g/mol. The Kier molecular flexibility index (Phi) is 5.48. The Bertz CT molecular complexity index is 1180. The molecule has 1 aliphatic rings. The number of halogens is 6. The maximum atomic E-state index is 15.0. The van der Waals surface area contributed by atoms with Crippen LogP contribution in [0.15, 0.2) is 18.2 Å². The molecule has 1 aromatic heterocycles. The van der Waals surface area contributed by atoms with E-state index < -0.39 is 40.5 Å². The fourth-order valence-corrected chi connectivity index (χ4v) is 4.01. The lowest BCUT2D eigenvalue weighted by molar-refractivity contribution is -0.140. The van der Waals surface area contributed by atoms with E-state index in [1.165, 1.54) is 17.8 Å². The number of aromatic nitrogens is 2. The van der Waals surface area contributed by atoms with Gasteiger partial charge in [-0.1, -0.05) is 0 Å². The first-order chi connectivity index (χ1) is 15.0. The molecule has 0 saturated carbocycles. The molecule has 32 heavy (non-hydrogen) atoms. The summed E-state index contributed by atoms with van der Waals surface area (Å²) in [5, 5.41) is 13.7. The van der Waals surface area contributed by atoms with Crippen molar-refractivity contribution >= 4 is 16.6 Å². The predicted octanol–water partition coefficient (Wildman–Crippen LogP) is 5.00. The van der Waals surface area contributed by atoms with Crippen LogP contribution in [-0.4, -0.2) is 41.2 Å². The number of aromatic hydroxyl groups is 1. The van der Waals surface area contributed by atoms with Crippen molar-refractivity contribution in [2.75, 3.05) is 25.2 Å². The molecule has 5 nitrogen and oxygen atoms in total. The van der Waals surface area contributed by atoms with Gasteiger partial charge in [0.2, 0.25) is 0 Å². The summed E-state index contributed by atoms with van der Waals surface area (Å²) in [4.78, 5) is 1.76. The Morgan fingerprint density at radius 3 is 2.38 bits per heavy atom. The minimum Gasteiger partial charge on any atom is -0.503 e. The molecule has 0 aliphatic carbocycles. The Balaban J connectivity index is 1.88. The van der Waals surface area contributed by atoms with E-state index in [1.54, 1.807) is 11.9 Å². The van der Waals surface area contributed by atoms with Crippen LogP contribution in [-0.2, 0) is 18.0 Å². The highest BCUT2D eigenvalue weighted by Gasteiger charge is 2.38.